The van der Waals surface area contributed by atoms with E-state index >= 15 is 0 Å². The molecular weight excluding hydrogens is 282 g/mol. The monoisotopic (exact) mass is 292 g/mol. The summed E-state index contributed by atoms with van der Waals surface area (Å²) >= 11 is 5.74. The number of hydrogen-bond donors (Lipinski definition) is 2. The summed E-state index contributed by atoms with van der Waals surface area (Å²) in [4.78, 5) is 21.8. The lowest BCUT2D eigenvalue weighted by molar-refractivity contribution is -0.618. The van der Waals surface area contributed by atoms with E-state index in [4.69, 9.17) is 11.6 Å². The van der Waals surface area contributed by atoms with E-state index in [1.807, 2.05) is 0 Å². The van der Waals surface area contributed by atoms with Gasteiger partial charge in [-0.1, -0.05) is 11.6 Å². The van der Waals surface area contributed by atoms with E-state index in [2.05, 4.69) is 5.43 Å². The van der Waals surface area contributed by atoms with E-state index in [0.717, 1.165) is 0 Å². The van der Waals surface area contributed by atoms with Crippen molar-refractivity contribution in [1.82, 2.24) is 5.43 Å². The number of nitrogens with one attached hydrogen (secondary N) is 1. The smallest absolute Gasteiger partial charge is 0.264 e. The Bertz CT molecular complexity index is 626. The average Bonchev–Trinajstić information content (AvgIpc) is 2.46. The molecule has 1 amide bonds. The van der Waals surface area contributed by atoms with Crippen molar-refractivity contribution < 1.29 is 15.1 Å². The van der Waals surface area contributed by atoms with Crippen LogP contribution in [0.1, 0.15) is 10.4 Å². The summed E-state index contributed by atoms with van der Waals surface area (Å²) in [7, 11) is 0. The molecule has 0 aliphatic heterocycles. The Labute approximate surface area is 119 Å². The fourth-order valence-electron chi connectivity index (χ4n) is 1.53. The van der Waals surface area contributed by atoms with Crippen LogP contribution >= 0.6 is 11.6 Å². The molecule has 0 saturated heterocycles. The van der Waals surface area contributed by atoms with Crippen LogP contribution in [-0.4, -0.2) is 10.8 Å². The van der Waals surface area contributed by atoms with Gasteiger partial charge in [0.2, 0.25) is 0 Å². The van der Waals surface area contributed by atoms with Gasteiger partial charge in [0, 0.05) is 34.9 Å². The molecule has 7 heteroatoms. The number of carbonyl (C=O) groups excluding carboxylic acids is 1. The van der Waals surface area contributed by atoms with E-state index in [9.17, 15) is 14.9 Å². The first-order chi connectivity index (χ1) is 9.56. The van der Waals surface area contributed by atoms with Gasteiger partial charge in [0.15, 0.2) is 5.69 Å². The third-order valence-electron chi connectivity index (χ3n) is 2.58. The first-order valence-electron chi connectivity index (χ1n) is 5.70. The summed E-state index contributed by atoms with van der Waals surface area (Å²) in [5, 5.41) is 11.1. The van der Waals surface area contributed by atoms with Gasteiger partial charge in [-0.15, -0.1) is 0 Å². The van der Waals surface area contributed by atoms with Crippen molar-refractivity contribution in [3.8, 4) is 0 Å². The number of benzene rings is 2. The molecule has 0 heterocycles. The molecule has 20 heavy (non-hydrogen) atoms. The van der Waals surface area contributed by atoms with Gasteiger partial charge in [-0.25, -0.2) is 5.43 Å². The van der Waals surface area contributed by atoms with Gasteiger partial charge in [0.05, 0.1) is 4.92 Å². The minimum absolute atomic E-state index is 0.00572. The number of non-ortho nitro benzene ring substituents is 1. The Morgan fingerprint density at radius 2 is 1.70 bits per heavy atom. The lowest BCUT2D eigenvalue weighted by atomic mass is 10.2. The van der Waals surface area contributed by atoms with Crippen molar-refractivity contribution >= 4 is 28.9 Å². The lowest BCUT2D eigenvalue weighted by Gasteiger charge is -2.03. The number of halogens is 1. The molecule has 3 N–H and O–H groups in total. The SMILES string of the molecule is O=C(N[NH2+]c1ccc([N+](=O)[O-])cc1)c1ccc(Cl)cc1. The molecule has 102 valence electrons. The summed E-state index contributed by atoms with van der Waals surface area (Å²) < 4.78 is 0. The second-order valence-corrected chi connectivity index (χ2v) is 4.41. The van der Waals surface area contributed by atoms with Crippen LogP contribution in [0.2, 0.25) is 5.02 Å². The number of nitrogens with zero attached hydrogens (tertiary/aromatic N) is 1. The van der Waals surface area contributed by atoms with Crippen molar-refractivity contribution in [3.63, 3.8) is 0 Å². The van der Waals surface area contributed by atoms with E-state index in [1.165, 1.54) is 17.6 Å². The summed E-state index contributed by atoms with van der Waals surface area (Å²) in [5.74, 6) is -0.278. The van der Waals surface area contributed by atoms with Crippen LogP contribution < -0.4 is 10.9 Å². The molecule has 0 fully saturated rings. The van der Waals surface area contributed by atoms with Crippen molar-refractivity contribution in [1.29, 1.82) is 0 Å². The Morgan fingerprint density at radius 3 is 2.25 bits per heavy atom. The molecule has 0 radical (unpaired) electrons. The first kappa shape index (κ1) is 14.0. The quantitative estimate of drug-likeness (QED) is 0.296. The van der Waals surface area contributed by atoms with Crippen molar-refractivity contribution in [2.24, 2.45) is 0 Å². The molecule has 2 aromatic carbocycles. The Morgan fingerprint density at radius 1 is 1.10 bits per heavy atom. The summed E-state index contributed by atoms with van der Waals surface area (Å²) in [6.07, 6.45) is 0. The number of hydrogen-bond acceptors (Lipinski definition) is 3. The summed E-state index contributed by atoms with van der Waals surface area (Å²) in [6, 6.07) is 12.3. The van der Waals surface area contributed by atoms with Gasteiger partial charge < -0.3 is 0 Å². The predicted octanol–water partition coefficient (Wildman–Crippen LogP) is 1.79. The molecule has 0 aliphatic carbocycles. The zero-order valence-electron chi connectivity index (χ0n) is 10.2. The number of nitro groups is 1. The Hall–Kier alpha value is -2.44. The number of nitrogen functional groups attached to an aromatic ring is 1. The first-order valence-corrected chi connectivity index (χ1v) is 6.08. The Balaban J connectivity index is 1.96. The molecule has 0 aliphatic rings. The van der Waals surface area contributed by atoms with Gasteiger partial charge in [-0.2, -0.15) is 5.43 Å². The van der Waals surface area contributed by atoms with Crippen LogP contribution in [0.5, 0.6) is 0 Å². The molecule has 2 rings (SSSR count). The molecule has 0 aromatic heterocycles. The predicted molar refractivity (Wildman–Crippen MR) is 73.6 cm³/mol. The summed E-state index contributed by atoms with van der Waals surface area (Å²) in [6.45, 7) is 0. The van der Waals surface area contributed by atoms with E-state index in [0.29, 0.717) is 16.3 Å². The molecule has 0 atom stereocenters. The van der Waals surface area contributed by atoms with Gasteiger partial charge in [-0.05, 0) is 24.3 Å². The summed E-state index contributed by atoms with van der Waals surface area (Å²) in [5.41, 5.74) is 5.24. The molecule has 6 nitrogen and oxygen atoms in total. The largest absolute Gasteiger partial charge is 0.296 e. The van der Waals surface area contributed by atoms with Crippen LogP contribution in [0.15, 0.2) is 48.5 Å². The third kappa shape index (κ3) is 3.53. The van der Waals surface area contributed by atoms with Crippen molar-refractivity contribution in [3.05, 3.63) is 69.2 Å². The van der Waals surface area contributed by atoms with Gasteiger partial charge >= 0.3 is 0 Å². The fraction of sp³-hybridized carbons (Fsp3) is 0. The highest BCUT2D eigenvalue weighted by Crippen LogP contribution is 2.12. The molecule has 2 aromatic rings. The minimum Gasteiger partial charge on any atom is -0.264 e. The average molecular weight is 293 g/mol. The molecular formula is C13H11ClN3O3+. The van der Waals surface area contributed by atoms with Crippen molar-refractivity contribution in [2.45, 2.75) is 0 Å². The van der Waals surface area contributed by atoms with Crippen LogP contribution in [0, 0.1) is 10.1 Å². The number of amides is 1. The Kier molecular flexibility index (Phi) is 4.29. The van der Waals surface area contributed by atoms with Gasteiger partial charge in [0.25, 0.3) is 11.6 Å². The van der Waals surface area contributed by atoms with Gasteiger partial charge in [-0.3, -0.25) is 14.9 Å². The second kappa shape index (κ2) is 6.14. The second-order valence-electron chi connectivity index (χ2n) is 3.97. The molecule has 0 unspecified atom stereocenters. The highest BCUT2D eigenvalue weighted by Gasteiger charge is 2.09. The van der Waals surface area contributed by atoms with Crippen molar-refractivity contribution in [2.75, 3.05) is 0 Å². The maximum absolute atomic E-state index is 11.8. The van der Waals surface area contributed by atoms with E-state index in [-0.39, 0.29) is 11.6 Å². The number of quaternary nitrogens is 1. The number of nitrogens with two attached hydrogens (primary N) is 1. The van der Waals surface area contributed by atoms with Crippen LogP contribution in [0.4, 0.5) is 11.4 Å². The fourth-order valence-corrected chi connectivity index (χ4v) is 1.65. The van der Waals surface area contributed by atoms with Crippen LogP contribution in [-0.2, 0) is 0 Å². The number of carbonyl (C=O) groups is 1. The highest BCUT2D eigenvalue weighted by atomic mass is 35.5. The molecule has 0 saturated carbocycles. The number of nitro benzene ring substituents is 1. The molecule has 0 bridgehead atoms. The van der Waals surface area contributed by atoms with Crippen LogP contribution in [0.3, 0.4) is 0 Å². The standard InChI is InChI=1S/C13H10ClN3O3/c14-10-3-1-9(2-4-10)13(18)16-15-11-5-7-12(8-6-11)17(19)20/h1-8,15H,(H,16,18)/p+1. The van der Waals surface area contributed by atoms with E-state index < -0.39 is 4.92 Å². The normalized spacial score (nSPS) is 10.1. The highest BCUT2D eigenvalue weighted by molar-refractivity contribution is 6.30. The lowest BCUT2D eigenvalue weighted by Crippen LogP contribution is -2.89. The number of rotatable bonds is 4. The third-order valence-corrected chi connectivity index (χ3v) is 2.83. The topological polar surface area (TPSA) is 88.8 Å². The molecule has 0 spiro atoms. The van der Waals surface area contributed by atoms with E-state index in [1.54, 1.807) is 36.4 Å². The minimum atomic E-state index is -0.476. The maximum Gasteiger partial charge on any atom is 0.296 e. The zero-order chi connectivity index (χ0) is 14.5. The maximum atomic E-state index is 11.8. The zero-order valence-corrected chi connectivity index (χ0v) is 11.0. The van der Waals surface area contributed by atoms with Gasteiger partial charge in [0.1, 0.15) is 0 Å². The van der Waals surface area contributed by atoms with Crippen LogP contribution in [0.25, 0.3) is 0 Å².